The summed E-state index contributed by atoms with van der Waals surface area (Å²) in [6.45, 7) is 3.69. The number of benzene rings is 2. The average Bonchev–Trinajstić information content (AvgIpc) is 2.84. The SMILES string of the molecule is CC(Oc1ccccc1)C(=O)N1CCN(c2nccc(-c3cccc(C(F)(F)F)c3)n2)CC1. The third-order valence-corrected chi connectivity index (χ3v) is 5.41. The fraction of sp³-hybridized carbons (Fsp3) is 0.292. The second-order valence-electron chi connectivity index (χ2n) is 7.71. The van der Waals surface area contributed by atoms with Crippen molar-refractivity contribution < 1.29 is 22.7 Å². The minimum absolute atomic E-state index is 0.0999. The Morgan fingerprint density at radius 3 is 2.42 bits per heavy atom. The monoisotopic (exact) mass is 456 g/mol. The van der Waals surface area contributed by atoms with Crippen molar-refractivity contribution in [3.8, 4) is 17.0 Å². The lowest BCUT2D eigenvalue weighted by molar-refractivity contribution is -0.138. The Kier molecular flexibility index (Phi) is 6.48. The number of aromatic nitrogens is 2. The van der Waals surface area contributed by atoms with Gasteiger partial charge in [0.2, 0.25) is 5.95 Å². The molecule has 2 aromatic carbocycles. The highest BCUT2D eigenvalue weighted by Crippen LogP contribution is 2.32. The molecule has 1 atom stereocenters. The molecule has 1 amide bonds. The number of hydrogen-bond acceptors (Lipinski definition) is 5. The van der Waals surface area contributed by atoms with E-state index in [0.29, 0.717) is 49.1 Å². The summed E-state index contributed by atoms with van der Waals surface area (Å²) < 4.78 is 44.9. The van der Waals surface area contributed by atoms with Crippen molar-refractivity contribution in [2.24, 2.45) is 0 Å². The summed E-state index contributed by atoms with van der Waals surface area (Å²) >= 11 is 0. The Labute approximate surface area is 189 Å². The highest BCUT2D eigenvalue weighted by atomic mass is 19.4. The van der Waals surface area contributed by atoms with Crippen LogP contribution in [0.25, 0.3) is 11.3 Å². The maximum Gasteiger partial charge on any atom is 0.416 e. The first-order valence-electron chi connectivity index (χ1n) is 10.6. The van der Waals surface area contributed by atoms with Crippen LogP contribution in [0, 0.1) is 0 Å². The summed E-state index contributed by atoms with van der Waals surface area (Å²) in [7, 11) is 0. The molecule has 0 aliphatic carbocycles. The number of para-hydroxylation sites is 1. The van der Waals surface area contributed by atoms with Gasteiger partial charge >= 0.3 is 6.18 Å². The number of hydrogen-bond donors (Lipinski definition) is 0. The van der Waals surface area contributed by atoms with Gasteiger partial charge in [-0.05, 0) is 37.3 Å². The zero-order valence-electron chi connectivity index (χ0n) is 18.0. The van der Waals surface area contributed by atoms with E-state index in [2.05, 4.69) is 9.97 Å². The predicted molar refractivity (Wildman–Crippen MR) is 118 cm³/mol. The van der Waals surface area contributed by atoms with Crippen molar-refractivity contribution in [3.63, 3.8) is 0 Å². The van der Waals surface area contributed by atoms with E-state index in [1.165, 1.54) is 12.3 Å². The normalized spacial score (nSPS) is 15.3. The maximum atomic E-state index is 13.1. The number of piperazine rings is 1. The molecule has 0 bridgehead atoms. The van der Waals surface area contributed by atoms with Crippen molar-refractivity contribution >= 4 is 11.9 Å². The summed E-state index contributed by atoms with van der Waals surface area (Å²) in [4.78, 5) is 25.2. The lowest BCUT2D eigenvalue weighted by Gasteiger charge is -2.35. The molecular weight excluding hydrogens is 433 g/mol. The van der Waals surface area contributed by atoms with E-state index in [-0.39, 0.29) is 5.91 Å². The Balaban J connectivity index is 1.40. The van der Waals surface area contributed by atoms with E-state index in [1.54, 1.807) is 36.1 Å². The number of anilines is 1. The number of alkyl halides is 3. The fourth-order valence-corrected chi connectivity index (χ4v) is 3.65. The summed E-state index contributed by atoms with van der Waals surface area (Å²) in [6, 6.07) is 15.8. The van der Waals surface area contributed by atoms with Crippen LogP contribution < -0.4 is 9.64 Å². The molecule has 6 nitrogen and oxygen atoms in total. The van der Waals surface area contributed by atoms with Crippen LogP contribution in [0.2, 0.25) is 0 Å². The Morgan fingerprint density at radius 1 is 1.00 bits per heavy atom. The maximum absolute atomic E-state index is 13.1. The number of carbonyl (C=O) groups is 1. The van der Waals surface area contributed by atoms with Gasteiger partial charge in [-0.2, -0.15) is 13.2 Å². The van der Waals surface area contributed by atoms with Crippen molar-refractivity contribution in [3.05, 3.63) is 72.4 Å². The van der Waals surface area contributed by atoms with Gasteiger partial charge in [0.15, 0.2) is 6.10 Å². The number of halogens is 3. The van der Waals surface area contributed by atoms with Crippen molar-refractivity contribution in [1.29, 1.82) is 0 Å². The molecule has 4 rings (SSSR count). The zero-order chi connectivity index (χ0) is 23.4. The van der Waals surface area contributed by atoms with Gasteiger partial charge in [-0.3, -0.25) is 4.79 Å². The minimum atomic E-state index is -4.42. The van der Waals surface area contributed by atoms with Gasteiger partial charge in [-0.25, -0.2) is 9.97 Å². The van der Waals surface area contributed by atoms with Gasteiger partial charge in [-0.1, -0.05) is 30.3 Å². The van der Waals surface area contributed by atoms with E-state index in [1.807, 2.05) is 23.1 Å². The number of rotatable bonds is 5. The molecule has 3 aromatic rings. The Bertz CT molecular complexity index is 1100. The standard InChI is InChI=1S/C24H23F3N4O2/c1-17(33-20-8-3-2-4-9-20)22(32)30-12-14-31(15-13-30)23-28-11-10-21(29-23)18-6-5-7-19(16-18)24(25,26)27/h2-11,16-17H,12-15H2,1H3. The van der Waals surface area contributed by atoms with Crippen LogP contribution in [-0.4, -0.2) is 53.1 Å². The molecule has 0 spiro atoms. The quantitative estimate of drug-likeness (QED) is 0.574. The van der Waals surface area contributed by atoms with Gasteiger partial charge in [0.25, 0.3) is 5.91 Å². The van der Waals surface area contributed by atoms with Crippen LogP contribution in [0.4, 0.5) is 19.1 Å². The van der Waals surface area contributed by atoms with E-state index in [4.69, 9.17) is 4.74 Å². The molecule has 0 N–H and O–H groups in total. The van der Waals surface area contributed by atoms with Crippen molar-refractivity contribution in [2.45, 2.75) is 19.2 Å². The highest BCUT2D eigenvalue weighted by Gasteiger charge is 2.31. The second kappa shape index (κ2) is 9.48. The Hall–Kier alpha value is -3.62. The molecule has 9 heteroatoms. The molecule has 1 aliphatic heterocycles. The largest absolute Gasteiger partial charge is 0.481 e. The Morgan fingerprint density at radius 2 is 1.73 bits per heavy atom. The molecule has 33 heavy (non-hydrogen) atoms. The van der Waals surface area contributed by atoms with E-state index in [0.717, 1.165) is 12.1 Å². The van der Waals surface area contributed by atoms with Crippen LogP contribution >= 0.6 is 0 Å². The van der Waals surface area contributed by atoms with Gasteiger partial charge in [0.05, 0.1) is 11.3 Å². The molecule has 1 aliphatic rings. The second-order valence-corrected chi connectivity index (χ2v) is 7.71. The van der Waals surface area contributed by atoms with Crippen LogP contribution in [0.15, 0.2) is 66.9 Å². The van der Waals surface area contributed by atoms with Crippen LogP contribution in [0.1, 0.15) is 12.5 Å². The van der Waals surface area contributed by atoms with Gasteiger partial charge < -0.3 is 14.5 Å². The van der Waals surface area contributed by atoms with E-state index >= 15 is 0 Å². The number of ether oxygens (including phenoxy) is 1. The van der Waals surface area contributed by atoms with Gasteiger partial charge in [-0.15, -0.1) is 0 Å². The van der Waals surface area contributed by atoms with Crippen molar-refractivity contribution in [2.75, 3.05) is 31.1 Å². The summed E-state index contributed by atoms with van der Waals surface area (Å²) in [6.07, 6.45) is -3.50. The summed E-state index contributed by atoms with van der Waals surface area (Å²) in [5, 5.41) is 0. The zero-order valence-corrected chi connectivity index (χ0v) is 18.0. The molecule has 1 unspecified atom stereocenters. The topological polar surface area (TPSA) is 58.6 Å². The van der Waals surface area contributed by atoms with Gasteiger partial charge in [0.1, 0.15) is 5.75 Å². The third kappa shape index (κ3) is 5.42. The molecule has 2 heterocycles. The first-order chi connectivity index (χ1) is 15.8. The highest BCUT2D eigenvalue weighted by molar-refractivity contribution is 5.81. The van der Waals surface area contributed by atoms with Crippen molar-refractivity contribution in [1.82, 2.24) is 14.9 Å². The average molecular weight is 456 g/mol. The first-order valence-corrected chi connectivity index (χ1v) is 10.6. The molecule has 1 fully saturated rings. The van der Waals surface area contributed by atoms with Gasteiger partial charge in [0, 0.05) is 37.9 Å². The van der Waals surface area contributed by atoms with Crippen LogP contribution in [0.3, 0.4) is 0 Å². The summed E-state index contributed by atoms with van der Waals surface area (Å²) in [5.41, 5.74) is 0.0581. The molecule has 0 saturated carbocycles. The molecule has 0 radical (unpaired) electrons. The molecular formula is C24H23F3N4O2. The summed E-state index contributed by atoms with van der Waals surface area (Å²) in [5.74, 6) is 0.958. The molecule has 1 saturated heterocycles. The first kappa shape index (κ1) is 22.6. The minimum Gasteiger partial charge on any atom is -0.481 e. The molecule has 1 aromatic heterocycles. The smallest absolute Gasteiger partial charge is 0.416 e. The number of nitrogens with zero attached hydrogens (tertiary/aromatic N) is 4. The van der Waals surface area contributed by atoms with E-state index in [9.17, 15) is 18.0 Å². The number of carbonyl (C=O) groups excluding carboxylic acids is 1. The third-order valence-electron chi connectivity index (χ3n) is 5.41. The van der Waals surface area contributed by atoms with E-state index < -0.39 is 17.8 Å². The van der Waals surface area contributed by atoms with Crippen LogP contribution in [-0.2, 0) is 11.0 Å². The lowest BCUT2D eigenvalue weighted by atomic mass is 10.1. The lowest BCUT2D eigenvalue weighted by Crippen LogP contribution is -2.52. The molecule has 172 valence electrons. The predicted octanol–water partition coefficient (Wildman–Crippen LogP) is 4.28. The number of amides is 1. The van der Waals surface area contributed by atoms with Crippen LogP contribution in [0.5, 0.6) is 5.75 Å². The fourth-order valence-electron chi connectivity index (χ4n) is 3.65.